The van der Waals surface area contributed by atoms with Crippen molar-refractivity contribution in [1.29, 1.82) is 0 Å². The SMILES string of the molecule is C=C[I-]c1ccc(C[N-]C(CCC)c2ccccc2)cc1NC(=O)c1ccc(Nc2ccccc2)nc1. The zero-order valence-electron chi connectivity index (χ0n) is 20.9. The van der Waals surface area contributed by atoms with E-state index in [0.717, 1.165) is 33.4 Å². The van der Waals surface area contributed by atoms with Crippen LogP contribution < -0.4 is 31.8 Å². The molecule has 0 bridgehead atoms. The molecule has 0 aliphatic heterocycles. The molecule has 0 aliphatic rings. The second kappa shape index (κ2) is 13.7. The van der Waals surface area contributed by atoms with E-state index in [9.17, 15) is 4.79 Å². The summed E-state index contributed by atoms with van der Waals surface area (Å²) in [5.74, 6) is 0.500. The van der Waals surface area contributed by atoms with Crippen molar-refractivity contribution in [2.24, 2.45) is 0 Å². The van der Waals surface area contributed by atoms with Gasteiger partial charge in [0.25, 0.3) is 0 Å². The molecule has 0 saturated heterocycles. The normalized spacial score (nSPS) is 11.6. The quantitative estimate of drug-likeness (QED) is 0.227. The van der Waals surface area contributed by atoms with Crippen LogP contribution in [0.4, 0.5) is 17.2 Å². The number of carbonyl (C=O) groups is 1. The number of nitrogens with zero attached hydrogens (tertiary/aromatic N) is 2. The Labute approximate surface area is 229 Å². The van der Waals surface area contributed by atoms with Crippen LogP contribution in [0.5, 0.6) is 0 Å². The fraction of sp³-hybridized carbons (Fsp3) is 0.161. The van der Waals surface area contributed by atoms with E-state index in [1.165, 1.54) is 5.56 Å². The Bertz CT molecular complexity index is 1290. The zero-order valence-corrected chi connectivity index (χ0v) is 23.1. The molecule has 37 heavy (non-hydrogen) atoms. The van der Waals surface area contributed by atoms with E-state index < -0.39 is 21.2 Å². The average Bonchev–Trinajstić information content (AvgIpc) is 2.94. The zero-order chi connectivity index (χ0) is 25.9. The number of para-hydroxylation sites is 1. The van der Waals surface area contributed by atoms with E-state index in [1.54, 1.807) is 12.3 Å². The van der Waals surface area contributed by atoms with E-state index in [2.05, 4.69) is 65.5 Å². The van der Waals surface area contributed by atoms with Crippen molar-refractivity contribution < 1.29 is 26.0 Å². The van der Waals surface area contributed by atoms with Gasteiger partial charge in [-0.1, -0.05) is 6.07 Å². The number of nitrogens with one attached hydrogen (secondary N) is 2. The molecule has 1 amide bonds. The summed E-state index contributed by atoms with van der Waals surface area (Å²) in [6.07, 6.45) is 3.67. The minimum absolute atomic E-state index is 0.165. The van der Waals surface area contributed by atoms with E-state index in [-0.39, 0.29) is 11.9 Å². The monoisotopic (exact) mass is 602 g/mol. The minimum atomic E-state index is -0.413. The first-order valence-corrected chi connectivity index (χ1v) is 14.7. The molecule has 1 aromatic heterocycles. The van der Waals surface area contributed by atoms with Crippen LogP contribution in [0, 0.1) is 3.57 Å². The Morgan fingerprint density at radius 1 is 1.03 bits per heavy atom. The van der Waals surface area contributed by atoms with Crippen molar-refractivity contribution in [3.63, 3.8) is 0 Å². The Balaban J connectivity index is 1.45. The predicted octanol–water partition coefficient (Wildman–Crippen LogP) is 4.89. The van der Waals surface area contributed by atoms with Crippen LogP contribution in [-0.2, 0) is 6.54 Å². The van der Waals surface area contributed by atoms with Gasteiger partial charge < -0.3 is 0 Å². The first-order chi connectivity index (χ1) is 18.2. The third kappa shape index (κ3) is 7.74. The van der Waals surface area contributed by atoms with Crippen molar-refractivity contribution in [2.45, 2.75) is 32.4 Å². The molecule has 1 atom stereocenters. The summed E-state index contributed by atoms with van der Waals surface area (Å²) in [6.45, 7) is 6.70. The fourth-order valence-corrected chi connectivity index (χ4v) is 5.43. The summed E-state index contributed by atoms with van der Waals surface area (Å²) in [7, 11) is 0. The third-order valence-electron chi connectivity index (χ3n) is 5.79. The summed E-state index contributed by atoms with van der Waals surface area (Å²) < 4.78 is 3.07. The van der Waals surface area contributed by atoms with Crippen LogP contribution in [0.3, 0.4) is 0 Å². The van der Waals surface area contributed by atoms with Gasteiger partial charge in [0.15, 0.2) is 0 Å². The molecule has 6 heteroatoms. The summed E-state index contributed by atoms with van der Waals surface area (Å²) in [4.78, 5) is 17.5. The number of amides is 1. The van der Waals surface area contributed by atoms with Crippen LogP contribution >= 0.6 is 0 Å². The first-order valence-electron chi connectivity index (χ1n) is 12.3. The molecular formula is C31H31IN4O-2. The third-order valence-corrected chi connectivity index (χ3v) is 7.84. The standard InChI is InChI=1S/C31H31IN4O/c1-3-11-28(24-12-7-5-8-13-24)33-21-23-16-18-27(32-4-2)29(20-23)36-31(37)25-17-19-30(34-22-25)35-26-14-9-6-10-15-26/h4-10,12-20,22,28H,2-3,11,21H2,1H3,(H,34,35)(H,36,37)/q-2. The number of benzene rings is 3. The van der Waals surface area contributed by atoms with Gasteiger partial charge in [-0.15, -0.1) is 0 Å². The van der Waals surface area contributed by atoms with E-state index in [0.29, 0.717) is 17.9 Å². The summed E-state index contributed by atoms with van der Waals surface area (Å²) in [5.41, 5.74) is 4.59. The fourth-order valence-electron chi connectivity index (χ4n) is 3.94. The number of aromatic nitrogens is 1. The van der Waals surface area contributed by atoms with Gasteiger partial charge in [-0.05, 0) is 0 Å². The number of anilines is 3. The molecule has 0 aliphatic carbocycles. The molecule has 0 fully saturated rings. The molecule has 1 unspecified atom stereocenters. The topological polar surface area (TPSA) is 68.1 Å². The Morgan fingerprint density at radius 2 is 1.78 bits per heavy atom. The maximum absolute atomic E-state index is 13.1. The van der Waals surface area contributed by atoms with Crippen LogP contribution in [0.15, 0.2) is 108 Å². The molecule has 0 radical (unpaired) electrons. The number of hydrogen-bond acceptors (Lipinski definition) is 3. The molecule has 2 N–H and O–H groups in total. The predicted molar refractivity (Wildman–Crippen MR) is 148 cm³/mol. The van der Waals surface area contributed by atoms with Gasteiger partial charge in [0.1, 0.15) is 0 Å². The second-order valence-corrected chi connectivity index (χ2v) is 11.2. The molecule has 4 rings (SSSR count). The summed E-state index contributed by atoms with van der Waals surface area (Å²) >= 11 is -0.413. The van der Waals surface area contributed by atoms with Gasteiger partial charge in [-0.3, -0.25) is 0 Å². The molecule has 190 valence electrons. The molecule has 5 nitrogen and oxygen atoms in total. The first kappa shape index (κ1) is 26.6. The summed E-state index contributed by atoms with van der Waals surface area (Å²) in [6, 6.07) is 30.3. The van der Waals surface area contributed by atoms with E-state index >= 15 is 0 Å². The Kier molecular flexibility index (Phi) is 9.85. The van der Waals surface area contributed by atoms with Crippen LogP contribution in [0.2, 0.25) is 0 Å². The van der Waals surface area contributed by atoms with Crippen molar-refractivity contribution in [2.75, 3.05) is 10.6 Å². The molecule has 0 saturated carbocycles. The molecule has 4 aromatic rings. The second-order valence-electron chi connectivity index (χ2n) is 8.51. The number of halogens is 1. The summed E-state index contributed by atoms with van der Waals surface area (Å²) in [5, 5.41) is 11.4. The molecule has 0 spiro atoms. The number of pyridine rings is 1. The molecule has 3 aromatic carbocycles. The number of hydrogen-bond donors (Lipinski definition) is 2. The van der Waals surface area contributed by atoms with E-state index in [1.807, 2.05) is 52.6 Å². The molecular weight excluding hydrogens is 571 g/mol. The molecule has 1 heterocycles. The van der Waals surface area contributed by atoms with Crippen molar-refractivity contribution >= 4 is 23.1 Å². The van der Waals surface area contributed by atoms with Crippen molar-refractivity contribution in [3.8, 4) is 0 Å². The van der Waals surface area contributed by atoms with Crippen LogP contribution in [-0.4, -0.2) is 10.9 Å². The van der Waals surface area contributed by atoms with Gasteiger partial charge >= 0.3 is 224 Å². The number of carbonyl (C=O) groups excluding carboxylic acids is 1. The van der Waals surface area contributed by atoms with Crippen LogP contribution in [0.1, 0.15) is 47.3 Å². The Morgan fingerprint density at radius 3 is 2.46 bits per heavy atom. The number of rotatable bonds is 12. The van der Waals surface area contributed by atoms with E-state index in [4.69, 9.17) is 5.32 Å². The average molecular weight is 603 g/mol. The van der Waals surface area contributed by atoms with Gasteiger partial charge in [-0.2, -0.15) is 0 Å². The van der Waals surface area contributed by atoms with Crippen LogP contribution in [0.25, 0.3) is 5.32 Å². The van der Waals surface area contributed by atoms with Gasteiger partial charge in [0.05, 0.1) is 0 Å². The Hall–Kier alpha value is -3.49. The van der Waals surface area contributed by atoms with Crippen molar-refractivity contribution in [1.82, 2.24) is 4.98 Å². The van der Waals surface area contributed by atoms with Crippen molar-refractivity contribution in [3.05, 3.63) is 133 Å². The van der Waals surface area contributed by atoms with Gasteiger partial charge in [-0.25, -0.2) is 0 Å². The maximum atomic E-state index is 13.1. The van der Waals surface area contributed by atoms with Gasteiger partial charge in [0.2, 0.25) is 0 Å². The van der Waals surface area contributed by atoms with Gasteiger partial charge in [0, 0.05) is 0 Å².